The maximum Gasteiger partial charge on any atom is 0.0962 e. The Bertz CT molecular complexity index is 370. The van der Waals surface area contributed by atoms with Crippen LogP contribution in [-0.4, -0.2) is 19.2 Å². The van der Waals surface area contributed by atoms with Gasteiger partial charge in [-0.05, 0) is 43.5 Å². The van der Waals surface area contributed by atoms with E-state index in [9.17, 15) is 0 Å². The molecule has 1 aromatic carbocycles. The van der Waals surface area contributed by atoms with Crippen LogP contribution in [0, 0.1) is 6.92 Å². The number of anilines is 1. The van der Waals surface area contributed by atoms with Gasteiger partial charge in [0.1, 0.15) is 0 Å². The predicted molar refractivity (Wildman–Crippen MR) is 66.7 cm³/mol. The summed E-state index contributed by atoms with van der Waals surface area (Å²) in [5.41, 5.74) is 2.43. The van der Waals surface area contributed by atoms with Crippen LogP contribution < -0.4 is 10.8 Å². The Morgan fingerprint density at radius 1 is 1.50 bits per heavy atom. The summed E-state index contributed by atoms with van der Waals surface area (Å²) in [6.45, 7) is 4.00. The van der Waals surface area contributed by atoms with Gasteiger partial charge in [0.25, 0.3) is 0 Å². The fourth-order valence-electron chi connectivity index (χ4n) is 2.24. The average molecular weight is 241 g/mol. The topological polar surface area (TPSA) is 38.5 Å². The first-order valence-corrected chi connectivity index (χ1v) is 5.95. The zero-order valence-electron chi connectivity index (χ0n) is 9.45. The van der Waals surface area contributed by atoms with E-state index in [1.807, 2.05) is 12.1 Å². The van der Waals surface area contributed by atoms with Crippen LogP contribution in [0.25, 0.3) is 0 Å². The number of benzene rings is 1. The monoisotopic (exact) mass is 240 g/mol. The molecule has 0 radical (unpaired) electrons. The van der Waals surface area contributed by atoms with Gasteiger partial charge in [-0.3, -0.25) is 4.84 Å². The molecule has 1 saturated heterocycles. The van der Waals surface area contributed by atoms with Crippen LogP contribution in [0.1, 0.15) is 18.4 Å². The standard InChI is InChI=1S/C12H17ClN2O/c1-9-7-10(13)4-5-12(9)15-6-2-3-11(8-15)16-14/h4-5,7,11H,2-3,6,8,14H2,1H3. The summed E-state index contributed by atoms with van der Waals surface area (Å²) in [7, 11) is 0. The molecule has 1 atom stereocenters. The molecule has 16 heavy (non-hydrogen) atoms. The summed E-state index contributed by atoms with van der Waals surface area (Å²) >= 11 is 5.95. The highest BCUT2D eigenvalue weighted by molar-refractivity contribution is 6.30. The van der Waals surface area contributed by atoms with E-state index >= 15 is 0 Å². The number of nitrogens with two attached hydrogens (primary N) is 1. The second-order valence-electron chi connectivity index (χ2n) is 4.28. The van der Waals surface area contributed by atoms with E-state index in [1.165, 1.54) is 11.3 Å². The van der Waals surface area contributed by atoms with Crippen LogP contribution in [0.2, 0.25) is 5.02 Å². The Balaban J connectivity index is 2.16. The van der Waals surface area contributed by atoms with E-state index in [0.29, 0.717) is 0 Å². The van der Waals surface area contributed by atoms with Crippen LogP contribution in [0.15, 0.2) is 18.2 Å². The lowest BCUT2D eigenvalue weighted by atomic mass is 10.1. The lowest BCUT2D eigenvalue weighted by Gasteiger charge is -2.34. The summed E-state index contributed by atoms with van der Waals surface area (Å²) in [5.74, 6) is 5.26. The third kappa shape index (κ3) is 2.48. The van der Waals surface area contributed by atoms with Crippen molar-refractivity contribution in [3.05, 3.63) is 28.8 Å². The third-order valence-corrected chi connectivity index (χ3v) is 3.31. The molecule has 1 unspecified atom stereocenters. The first-order chi connectivity index (χ1) is 7.70. The molecule has 2 N–H and O–H groups in total. The number of piperidine rings is 1. The van der Waals surface area contributed by atoms with Crippen LogP contribution in [-0.2, 0) is 4.84 Å². The molecule has 0 saturated carbocycles. The first kappa shape index (κ1) is 11.7. The molecule has 0 spiro atoms. The van der Waals surface area contributed by atoms with Crippen molar-refractivity contribution in [1.82, 2.24) is 0 Å². The molecule has 1 fully saturated rings. The van der Waals surface area contributed by atoms with Crippen molar-refractivity contribution < 1.29 is 4.84 Å². The van der Waals surface area contributed by atoms with Gasteiger partial charge >= 0.3 is 0 Å². The minimum Gasteiger partial charge on any atom is -0.369 e. The third-order valence-electron chi connectivity index (χ3n) is 3.07. The zero-order chi connectivity index (χ0) is 11.5. The number of nitrogens with zero attached hydrogens (tertiary/aromatic N) is 1. The lowest BCUT2D eigenvalue weighted by Crippen LogP contribution is -2.41. The molecule has 1 aromatic rings. The van der Waals surface area contributed by atoms with Gasteiger partial charge in [-0.1, -0.05) is 11.6 Å². The Hall–Kier alpha value is -0.770. The van der Waals surface area contributed by atoms with Gasteiger partial charge in [-0.2, -0.15) is 0 Å². The van der Waals surface area contributed by atoms with Crippen LogP contribution in [0.3, 0.4) is 0 Å². The van der Waals surface area contributed by atoms with Gasteiger partial charge in [0.15, 0.2) is 0 Å². The highest BCUT2D eigenvalue weighted by Crippen LogP contribution is 2.26. The fourth-order valence-corrected chi connectivity index (χ4v) is 2.47. The van der Waals surface area contributed by atoms with E-state index in [-0.39, 0.29) is 6.10 Å². The summed E-state index contributed by atoms with van der Waals surface area (Å²) < 4.78 is 0. The zero-order valence-corrected chi connectivity index (χ0v) is 10.2. The van der Waals surface area contributed by atoms with Crippen LogP contribution in [0.5, 0.6) is 0 Å². The van der Waals surface area contributed by atoms with Crippen molar-refractivity contribution in [3.8, 4) is 0 Å². The molecule has 2 rings (SSSR count). The van der Waals surface area contributed by atoms with Crippen molar-refractivity contribution >= 4 is 17.3 Å². The smallest absolute Gasteiger partial charge is 0.0962 e. The lowest BCUT2D eigenvalue weighted by molar-refractivity contribution is 0.0434. The van der Waals surface area contributed by atoms with Crippen molar-refractivity contribution in [3.63, 3.8) is 0 Å². The van der Waals surface area contributed by atoms with Gasteiger partial charge in [-0.25, -0.2) is 5.90 Å². The molecule has 0 bridgehead atoms. The van der Waals surface area contributed by atoms with Gasteiger partial charge in [0.05, 0.1) is 6.10 Å². The van der Waals surface area contributed by atoms with E-state index in [0.717, 1.165) is 31.0 Å². The van der Waals surface area contributed by atoms with E-state index in [4.69, 9.17) is 22.3 Å². The summed E-state index contributed by atoms with van der Waals surface area (Å²) in [5, 5.41) is 0.782. The number of aryl methyl sites for hydroxylation is 1. The summed E-state index contributed by atoms with van der Waals surface area (Å²) in [6, 6.07) is 5.98. The minimum absolute atomic E-state index is 0.142. The molecule has 4 heteroatoms. The quantitative estimate of drug-likeness (QED) is 0.808. The van der Waals surface area contributed by atoms with Gasteiger partial charge in [-0.15, -0.1) is 0 Å². The molecule has 1 aliphatic rings. The Labute approximate surface area is 101 Å². The first-order valence-electron chi connectivity index (χ1n) is 5.57. The van der Waals surface area contributed by atoms with Crippen molar-refractivity contribution in [2.75, 3.05) is 18.0 Å². The Kier molecular flexibility index (Phi) is 3.69. The maximum atomic E-state index is 5.95. The molecule has 3 nitrogen and oxygen atoms in total. The van der Waals surface area contributed by atoms with E-state index in [1.54, 1.807) is 0 Å². The number of hydrogen-bond donors (Lipinski definition) is 1. The van der Waals surface area contributed by atoms with Gasteiger partial charge in [0, 0.05) is 23.8 Å². The van der Waals surface area contributed by atoms with Crippen molar-refractivity contribution in [1.29, 1.82) is 0 Å². The molecule has 1 aliphatic heterocycles. The number of rotatable bonds is 2. The van der Waals surface area contributed by atoms with E-state index in [2.05, 4.69) is 17.9 Å². The fraction of sp³-hybridized carbons (Fsp3) is 0.500. The highest BCUT2D eigenvalue weighted by atomic mass is 35.5. The highest BCUT2D eigenvalue weighted by Gasteiger charge is 2.21. The minimum atomic E-state index is 0.142. The number of halogens is 1. The summed E-state index contributed by atoms with van der Waals surface area (Å²) in [6.07, 6.45) is 2.30. The molecule has 0 amide bonds. The second kappa shape index (κ2) is 5.04. The van der Waals surface area contributed by atoms with Gasteiger partial charge < -0.3 is 4.90 Å². The Morgan fingerprint density at radius 2 is 2.31 bits per heavy atom. The summed E-state index contributed by atoms with van der Waals surface area (Å²) in [4.78, 5) is 7.25. The maximum absolute atomic E-state index is 5.95. The second-order valence-corrected chi connectivity index (χ2v) is 4.71. The SMILES string of the molecule is Cc1cc(Cl)ccc1N1CCCC(ON)C1. The molecule has 88 valence electrons. The van der Waals surface area contributed by atoms with Crippen LogP contribution >= 0.6 is 11.6 Å². The number of hydrogen-bond acceptors (Lipinski definition) is 3. The van der Waals surface area contributed by atoms with Gasteiger partial charge in [0.2, 0.25) is 0 Å². The normalized spacial score (nSPS) is 21.2. The largest absolute Gasteiger partial charge is 0.369 e. The van der Waals surface area contributed by atoms with Crippen molar-refractivity contribution in [2.24, 2.45) is 5.90 Å². The average Bonchev–Trinajstić information content (AvgIpc) is 2.29. The molecular weight excluding hydrogens is 224 g/mol. The van der Waals surface area contributed by atoms with Crippen LogP contribution in [0.4, 0.5) is 5.69 Å². The predicted octanol–water partition coefficient (Wildman–Crippen LogP) is 2.51. The molecule has 1 heterocycles. The Morgan fingerprint density at radius 3 is 3.00 bits per heavy atom. The molecular formula is C12H17ClN2O. The van der Waals surface area contributed by atoms with Crippen molar-refractivity contribution in [2.45, 2.75) is 25.9 Å². The molecule has 0 aromatic heterocycles. The van der Waals surface area contributed by atoms with E-state index < -0.39 is 0 Å². The molecule has 0 aliphatic carbocycles.